The fraction of sp³-hybridized carbons (Fsp3) is 0.524. The van der Waals surface area contributed by atoms with Crippen molar-refractivity contribution in [3.63, 3.8) is 0 Å². The first kappa shape index (κ1) is 20.3. The molecule has 0 atom stereocenters. The summed E-state index contributed by atoms with van der Waals surface area (Å²) >= 11 is 0. The minimum absolute atomic E-state index is 0.335. The molecule has 166 valence electrons. The van der Waals surface area contributed by atoms with Gasteiger partial charge < -0.3 is 15.2 Å². The largest absolute Gasteiger partial charge is 0.845 e. The van der Waals surface area contributed by atoms with Crippen LogP contribution in [-0.4, -0.2) is 43.9 Å². The monoisotopic (exact) mass is 444 g/mol. The van der Waals surface area contributed by atoms with Gasteiger partial charge in [0.1, 0.15) is 0 Å². The molecule has 3 aliphatic rings. The first-order valence-corrected chi connectivity index (χ1v) is 12.2. The zero-order valence-electron chi connectivity index (χ0n) is 17.3. The van der Waals surface area contributed by atoms with Crippen molar-refractivity contribution in [3.05, 3.63) is 40.7 Å². The lowest BCUT2D eigenvalue weighted by Gasteiger charge is -2.33. The van der Waals surface area contributed by atoms with Crippen molar-refractivity contribution in [3.8, 4) is 0 Å². The molecule has 2 heterocycles. The van der Waals surface area contributed by atoms with E-state index in [1.165, 1.54) is 27.8 Å². The minimum atomic E-state index is -4.26. The molecule has 10 heteroatoms. The standard InChI is InChI=1S/C21H27N5O4S/c27-21(24-20-18-5-1-3-14(18)11-15-4-2-6-19(15)20)25-31(28,29)26(17-12-22-23-13-17)16-7-9-30-10-8-16/h11-13,16H,1-10H2,(H,22,23)(H2,24,25,27)/p-1. The van der Waals surface area contributed by atoms with Crippen LogP contribution in [0.15, 0.2) is 22.9 Å². The Balaban J connectivity index is 1.47. The number of aromatic nitrogens is 2. The maximum Gasteiger partial charge on any atom is 0.345 e. The predicted molar refractivity (Wildman–Crippen MR) is 115 cm³/mol. The van der Waals surface area contributed by atoms with Gasteiger partial charge in [-0.2, -0.15) is 13.5 Å². The zero-order chi connectivity index (χ0) is 21.4. The number of nitrogens with one attached hydrogen (secondary N) is 2. The molecule has 0 unspecified atom stereocenters. The van der Waals surface area contributed by atoms with E-state index < -0.39 is 16.2 Å². The number of amidine groups is 1. The van der Waals surface area contributed by atoms with Gasteiger partial charge in [-0.25, -0.2) is 4.31 Å². The van der Waals surface area contributed by atoms with Gasteiger partial charge in [0.05, 0.1) is 23.9 Å². The molecular formula is C21H26N5O4S-. The first-order valence-electron chi connectivity index (χ1n) is 10.8. The molecule has 1 aromatic heterocycles. The summed E-state index contributed by atoms with van der Waals surface area (Å²) in [4.78, 5) is 0. The fourth-order valence-electron chi connectivity index (χ4n) is 5.06. The number of aryl methyl sites for hydroxylation is 2. The summed E-state index contributed by atoms with van der Waals surface area (Å²) in [6.45, 7) is 0.923. The fourth-order valence-corrected chi connectivity index (χ4v) is 6.36. The van der Waals surface area contributed by atoms with Crippen molar-refractivity contribution in [1.82, 2.24) is 10.2 Å². The molecule has 0 amide bonds. The van der Waals surface area contributed by atoms with Gasteiger partial charge in [-0.1, -0.05) is 6.07 Å². The lowest BCUT2D eigenvalue weighted by molar-refractivity contribution is -0.213. The Morgan fingerprint density at radius 2 is 1.84 bits per heavy atom. The van der Waals surface area contributed by atoms with E-state index in [4.69, 9.17) is 4.74 Å². The third-order valence-corrected chi connectivity index (χ3v) is 7.82. The summed E-state index contributed by atoms with van der Waals surface area (Å²) in [5, 5.41) is 22.2. The van der Waals surface area contributed by atoms with Gasteiger partial charge in [0.15, 0.2) is 0 Å². The zero-order valence-corrected chi connectivity index (χ0v) is 18.1. The van der Waals surface area contributed by atoms with E-state index in [1.54, 1.807) is 0 Å². The lowest BCUT2D eigenvalue weighted by Crippen LogP contribution is -2.44. The van der Waals surface area contributed by atoms with Gasteiger partial charge in [0, 0.05) is 25.1 Å². The molecule has 9 nitrogen and oxygen atoms in total. The summed E-state index contributed by atoms with van der Waals surface area (Å²) in [5.41, 5.74) is 5.95. The molecule has 0 bridgehead atoms. The number of fused-ring (bicyclic) bond motifs is 2. The van der Waals surface area contributed by atoms with Crippen LogP contribution in [0.5, 0.6) is 0 Å². The molecular weight excluding hydrogens is 418 g/mol. The van der Waals surface area contributed by atoms with Crippen LogP contribution < -0.4 is 14.7 Å². The Morgan fingerprint density at radius 1 is 1.16 bits per heavy atom. The van der Waals surface area contributed by atoms with Crippen LogP contribution in [0.2, 0.25) is 0 Å². The molecule has 0 radical (unpaired) electrons. The number of benzene rings is 1. The highest BCUT2D eigenvalue weighted by Gasteiger charge is 2.32. The first-order chi connectivity index (χ1) is 15.0. The number of aromatic amines is 1. The topological polar surface area (TPSA) is 123 Å². The van der Waals surface area contributed by atoms with Crippen molar-refractivity contribution in [2.75, 3.05) is 22.8 Å². The molecule has 1 aromatic carbocycles. The van der Waals surface area contributed by atoms with Crippen LogP contribution in [-0.2, 0) is 40.6 Å². The second kappa shape index (κ2) is 8.16. The third kappa shape index (κ3) is 3.89. The highest BCUT2D eigenvalue weighted by Crippen LogP contribution is 2.38. The van der Waals surface area contributed by atoms with E-state index in [1.807, 2.05) is 0 Å². The lowest BCUT2D eigenvalue weighted by atomic mass is 9.99. The quantitative estimate of drug-likeness (QED) is 0.532. The van der Waals surface area contributed by atoms with Gasteiger partial charge in [-0.15, -0.1) is 4.40 Å². The van der Waals surface area contributed by atoms with Crippen LogP contribution in [0.1, 0.15) is 47.9 Å². The van der Waals surface area contributed by atoms with E-state index in [0.717, 1.165) is 55.3 Å². The van der Waals surface area contributed by atoms with Crippen molar-refractivity contribution in [2.45, 2.75) is 57.4 Å². The normalized spacial score (nSPS) is 19.3. The Labute approximate surface area is 181 Å². The van der Waals surface area contributed by atoms with E-state index in [-0.39, 0.29) is 6.04 Å². The number of hydrogen-bond donors (Lipinski definition) is 2. The van der Waals surface area contributed by atoms with E-state index in [2.05, 4.69) is 26.0 Å². The van der Waals surface area contributed by atoms with E-state index in [0.29, 0.717) is 31.7 Å². The number of rotatable bonds is 5. The van der Waals surface area contributed by atoms with Gasteiger partial charge in [0.25, 0.3) is 0 Å². The molecule has 1 aliphatic heterocycles. The molecule has 2 N–H and O–H groups in total. The highest BCUT2D eigenvalue weighted by molar-refractivity contribution is 7.91. The maximum atomic E-state index is 13.2. The van der Waals surface area contributed by atoms with Gasteiger partial charge in [-0.3, -0.25) is 5.10 Å². The highest BCUT2D eigenvalue weighted by atomic mass is 32.2. The predicted octanol–water partition coefficient (Wildman–Crippen LogP) is 1.45. The minimum Gasteiger partial charge on any atom is -0.845 e. The number of hydrogen-bond acceptors (Lipinski definition) is 5. The Bertz CT molecular complexity index is 1060. The second-order valence-corrected chi connectivity index (χ2v) is 9.80. The average molecular weight is 445 g/mol. The van der Waals surface area contributed by atoms with Crippen molar-refractivity contribution in [2.24, 2.45) is 4.40 Å². The Morgan fingerprint density at radius 3 is 2.45 bits per heavy atom. The maximum absolute atomic E-state index is 13.2. The summed E-state index contributed by atoms with van der Waals surface area (Å²) < 4.78 is 36.6. The molecule has 5 rings (SSSR count). The summed E-state index contributed by atoms with van der Waals surface area (Å²) in [7, 11) is -4.26. The number of ether oxygens (including phenoxy) is 1. The molecule has 0 spiro atoms. The second-order valence-electron chi connectivity index (χ2n) is 8.33. The van der Waals surface area contributed by atoms with Gasteiger partial charge >= 0.3 is 10.2 Å². The van der Waals surface area contributed by atoms with Gasteiger partial charge in [0.2, 0.25) is 0 Å². The van der Waals surface area contributed by atoms with Crippen molar-refractivity contribution < 1.29 is 18.3 Å². The SMILES string of the molecule is O=S(=O)(/N=C(\[O-])Nc1c2c(cc3c1CCC3)CCC2)N(c1cn[nH]c1)C1CCOCC1. The smallest absolute Gasteiger partial charge is 0.345 e. The molecule has 1 saturated heterocycles. The van der Waals surface area contributed by atoms with Crippen LogP contribution in [0.4, 0.5) is 11.4 Å². The summed E-state index contributed by atoms with van der Waals surface area (Å²) in [6.07, 6.45) is 9.88. The van der Waals surface area contributed by atoms with E-state index in [9.17, 15) is 13.5 Å². The Hall–Kier alpha value is -2.59. The van der Waals surface area contributed by atoms with Crippen molar-refractivity contribution in [1.29, 1.82) is 0 Å². The number of anilines is 2. The van der Waals surface area contributed by atoms with E-state index >= 15 is 0 Å². The number of nitrogens with zero attached hydrogens (tertiary/aromatic N) is 3. The molecule has 2 aromatic rings. The molecule has 2 aliphatic carbocycles. The molecule has 1 fully saturated rings. The summed E-state index contributed by atoms with van der Waals surface area (Å²) in [5.74, 6) is 0. The van der Waals surface area contributed by atoms with Crippen LogP contribution in [0.3, 0.4) is 0 Å². The van der Waals surface area contributed by atoms with Crippen LogP contribution in [0.25, 0.3) is 0 Å². The number of H-pyrrole nitrogens is 1. The van der Waals surface area contributed by atoms with Crippen molar-refractivity contribution >= 4 is 27.6 Å². The third-order valence-electron chi connectivity index (χ3n) is 6.41. The molecule has 0 saturated carbocycles. The summed E-state index contributed by atoms with van der Waals surface area (Å²) in [6, 6.07) is 1.08. The van der Waals surface area contributed by atoms with Crippen LogP contribution >= 0.6 is 0 Å². The molecule has 31 heavy (non-hydrogen) atoms. The van der Waals surface area contributed by atoms with Crippen LogP contribution in [0, 0.1) is 0 Å². The van der Waals surface area contributed by atoms with Gasteiger partial charge in [-0.05, 0) is 73.6 Å². The average Bonchev–Trinajstić information content (AvgIpc) is 3.50. The Kier molecular flexibility index (Phi) is 5.35.